The van der Waals surface area contributed by atoms with Crippen molar-refractivity contribution in [3.8, 4) is 5.75 Å². The van der Waals surface area contributed by atoms with Gasteiger partial charge in [-0.3, -0.25) is 14.4 Å². The van der Waals surface area contributed by atoms with Crippen LogP contribution in [-0.4, -0.2) is 53.0 Å². The topological polar surface area (TPSA) is 97.0 Å². The maximum atomic E-state index is 14.2. The number of halogens is 1. The van der Waals surface area contributed by atoms with Gasteiger partial charge in [-0.1, -0.05) is 43.5 Å². The molecule has 4 aliphatic rings. The average molecular weight is 548 g/mol. The molecule has 3 fully saturated rings. The van der Waals surface area contributed by atoms with Crippen LogP contribution in [0.1, 0.15) is 44.6 Å². The minimum absolute atomic E-state index is 0.0466. The van der Waals surface area contributed by atoms with Crippen molar-refractivity contribution < 1.29 is 28.2 Å². The number of carbonyl (C=O) groups is 3. The number of fused-ring (bicyclic) bond motifs is 1. The average Bonchev–Trinajstić information content (AvgIpc) is 3.51. The molecule has 2 saturated heterocycles. The van der Waals surface area contributed by atoms with Crippen LogP contribution < -0.4 is 15.4 Å². The number of methoxy groups -OCH3 is 1. The number of likely N-dealkylation sites (tertiary alicyclic amines) is 1. The first-order chi connectivity index (χ1) is 19.2. The van der Waals surface area contributed by atoms with Crippen molar-refractivity contribution >= 4 is 23.4 Å². The Kier molecular flexibility index (Phi) is 6.65. The van der Waals surface area contributed by atoms with E-state index < -0.39 is 40.8 Å². The molecule has 2 aromatic rings. The van der Waals surface area contributed by atoms with E-state index in [1.54, 1.807) is 18.9 Å². The molecule has 1 aliphatic carbocycles. The van der Waals surface area contributed by atoms with Crippen LogP contribution in [0, 0.1) is 17.7 Å². The van der Waals surface area contributed by atoms with Gasteiger partial charge in [-0.05, 0) is 61.7 Å². The Labute approximate surface area is 232 Å². The second kappa shape index (κ2) is 10.0. The number of amides is 3. The molecule has 0 aromatic heterocycles. The second-order valence-electron chi connectivity index (χ2n) is 11.5. The van der Waals surface area contributed by atoms with Crippen molar-refractivity contribution in [3.63, 3.8) is 0 Å². The van der Waals surface area contributed by atoms with Crippen LogP contribution in [-0.2, 0) is 25.7 Å². The summed E-state index contributed by atoms with van der Waals surface area (Å²) in [7, 11) is 1.59. The van der Waals surface area contributed by atoms with Crippen molar-refractivity contribution in [1.82, 2.24) is 10.2 Å². The summed E-state index contributed by atoms with van der Waals surface area (Å²) in [5.41, 5.74) is -1.09. The van der Waals surface area contributed by atoms with Gasteiger partial charge in [-0.25, -0.2) is 4.39 Å². The zero-order valence-corrected chi connectivity index (χ0v) is 22.7. The summed E-state index contributed by atoms with van der Waals surface area (Å²) in [6, 6.07) is 11.9. The quantitative estimate of drug-likeness (QED) is 0.512. The van der Waals surface area contributed by atoms with E-state index in [4.69, 9.17) is 9.47 Å². The molecule has 40 heavy (non-hydrogen) atoms. The van der Waals surface area contributed by atoms with E-state index in [0.717, 1.165) is 37.7 Å². The van der Waals surface area contributed by atoms with Crippen LogP contribution in [0.25, 0.3) is 0 Å². The monoisotopic (exact) mass is 547 g/mol. The molecular weight excluding hydrogens is 513 g/mol. The number of anilines is 1. The molecule has 3 amide bonds. The van der Waals surface area contributed by atoms with Gasteiger partial charge in [0.25, 0.3) is 0 Å². The molecule has 2 N–H and O–H groups in total. The van der Waals surface area contributed by atoms with Gasteiger partial charge in [-0.15, -0.1) is 0 Å². The minimum atomic E-state index is -1.28. The summed E-state index contributed by atoms with van der Waals surface area (Å²) >= 11 is 0. The van der Waals surface area contributed by atoms with Crippen molar-refractivity contribution in [2.24, 2.45) is 11.8 Å². The zero-order valence-electron chi connectivity index (χ0n) is 22.7. The predicted octanol–water partition coefficient (Wildman–Crippen LogP) is 3.96. The molecule has 2 aromatic carbocycles. The van der Waals surface area contributed by atoms with Crippen molar-refractivity contribution in [2.75, 3.05) is 12.4 Å². The summed E-state index contributed by atoms with van der Waals surface area (Å²) in [5, 5.41) is 6.04. The van der Waals surface area contributed by atoms with Gasteiger partial charge in [0.2, 0.25) is 17.7 Å². The van der Waals surface area contributed by atoms with Crippen molar-refractivity contribution in [3.05, 3.63) is 72.1 Å². The lowest BCUT2D eigenvalue weighted by Gasteiger charge is -2.34. The van der Waals surface area contributed by atoms with Crippen LogP contribution in [0.2, 0.25) is 0 Å². The van der Waals surface area contributed by atoms with Gasteiger partial charge >= 0.3 is 0 Å². The lowest BCUT2D eigenvalue weighted by atomic mass is 9.70. The maximum absolute atomic E-state index is 14.2. The number of hydrogen-bond donors (Lipinski definition) is 2. The molecular formula is C31H34FN3O5. The Balaban J connectivity index is 1.34. The molecule has 8 nitrogen and oxygen atoms in total. The highest BCUT2D eigenvalue weighted by Gasteiger charge is 2.76. The van der Waals surface area contributed by atoms with Gasteiger partial charge < -0.3 is 25.0 Å². The van der Waals surface area contributed by atoms with E-state index in [9.17, 15) is 18.8 Å². The fourth-order valence-corrected chi connectivity index (χ4v) is 7.01. The van der Waals surface area contributed by atoms with Crippen LogP contribution in [0.4, 0.5) is 10.1 Å². The minimum Gasteiger partial charge on any atom is -0.497 e. The van der Waals surface area contributed by atoms with Gasteiger partial charge in [0.15, 0.2) is 0 Å². The number of rotatable bonds is 7. The Morgan fingerprint density at radius 1 is 1.02 bits per heavy atom. The molecule has 3 heterocycles. The molecule has 0 unspecified atom stereocenters. The zero-order chi connectivity index (χ0) is 28.1. The molecule has 5 atom stereocenters. The third kappa shape index (κ3) is 4.36. The fourth-order valence-electron chi connectivity index (χ4n) is 7.01. The lowest BCUT2D eigenvalue weighted by molar-refractivity contribution is -0.145. The van der Waals surface area contributed by atoms with Crippen LogP contribution in [0.3, 0.4) is 0 Å². The van der Waals surface area contributed by atoms with Crippen molar-refractivity contribution in [1.29, 1.82) is 0 Å². The van der Waals surface area contributed by atoms with E-state index in [1.807, 2.05) is 36.4 Å². The fraction of sp³-hybridized carbons (Fsp3) is 0.452. The van der Waals surface area contributed by atoms with Crippen LogP contribution >= 0.6 is 0 Å². The Bertz CT molecular complexity index is 1340. The van der Waals surface area contributed by atoms with E-state index in [0.29, 0.717) is 11.4 Å². The van der Waals surface area contributed by atoms with Crippen LogP contribution in [0.15, 0.2) is 60.7 Å². The summed E-state index contributed by atoms with van der Waals surface area (Å²) in [6.45, 7) is 1.96. The molecule has 0 radical (unpaired) electrons. The number of nitrogens with one attached hydrogen (secondary N) is 2. The van der Waals surface area contributed by atoms with Gasteiger partial charge in [-0.2, -0.15) is 0 Å². The normalized spacial score (nSPS) is 30.8. The third-order valence-electron chi connectivity index (χ3n) is 8.90. The first-order valence-corrected chi connectivity index (χ1v) is 13.9. The van der Waals surface area contributed by atoms with E-state index >= 15 is 0 Å². The van der Waals surface area contributed by atoms with E-state index in [-0.39, 0.29) is 24.4 Å². The molecule has 6 rings (SSSR count). The highest BCUT2D eigenvalue weighted by molar-refractivity contribution is 6.03. The molecule has 3 aliphatic heterocycles. The highest BCUT2D eigenvalue weighted by atomic mass is 19.1. The summed E-state index contributed by atoms with van der Waals surface area (Å²) < 4.78 is 25.3. The maximum Gasteiger partial charge on any atom is 0.246 e. The lowest BCUT2D eigenvalue weighted by Crippen LogP contribution is -2.56. The molecule has 210 valence electrons. The van der Waals surface area contributed by atoms with E-state index in [1.165, 1.54) is 24.3 Å². The number of benzene rings is 2. The molecule has 1 spiro atoms. The number of ether oxygens (including phenoxy) is 2. The standard InChI is InChI=1S/C31H34FN3O5/c1-30-16-17-31(40-30)25(24(30)27(36)33-22-12-10-20(32)11-13-22)29(38)35(18-19-8-14-23(39-2)15-9-19)26(31)28(37)34-21-6-4-3-5-7-21/h8-17,21,24-26H,3-7,18H2,1-2H3,(H,33,36)(H,34,37)/t24-,25+,26+,30+,31-/m0/s1. The van der Waals surface area contributed by atoms with Crippen molar-refractivity contribution in [2.45, 2.75) is 68.9 Å². The summed E-state index contributed by atoms with van der Waals surface area (Å²) in [5.74, 6) is -2.45. The largest absolute Gasteiger partial charge is 0.497 e. The third-order valence-corrected chi connectivity index (χ3v) is 8.90. The Morgan fingerprint density at radius 3 is 2.40 bits per heavy atom. The highest BCUT2D eigenvalue weighted by Crippen LogP contribution is 2.60. The first-order valence-electron chi connectivity index (χ1n) is 13.9. The van der Waals surface area contributed by atoms with E-state index in [2.05, 4.69) is 10.6 Å². The Morgan fingerprint density at radius 2 is 1.73 bits per heavy atom. The Hall–Kier alpha value is -3.72. The SMILES string of the molecule is COc1ccc(CN2C(=O)[C@H]3[C@@H](C(=O)Nc4ccc(F)cc4)[C@@]4(C)C=C[C@@]3(O4)[C@H]2C(=O)NC2CCCCC2)cc1. The summed E-state index contributed by atoms with van der Waals surface area (Å²) in [6.07, 6.45) is 8.69. The van der Waals surface area contributed by atoms with Gasteiger partial charge in [0.05, 0.1) is 24.5 Å². The molecule has 2 bridgehead atoms. The number of hydrogen-bond acceptors (Lipinski definition) is 5. The first kappa shape index (κ1) is 26.5. The van der Waals surface area contributed by atoms with Crippen LogP contribution in [0.5, 0.6) is 5.75 Å². The predicted molar refractivity (Wildman–Crippen MR) is 146 cm³/mol. The molecule has 1 saturated carbocycles. The second-order valence-corrected chi connectivity index (χ2v) is 11.5. The smallest absolute Gasteiger partial charge is 0.246 e. The molecule has 9 heteroatoms. The van der Waals surface area contributed by atoms with Gasteiger partial charge in [0, 0.05) is 18.3 Å². The number of carbonyl (C=O) groups excluding carboxylic acids is 3. The summed E-state index contributed by atoms with van der Waals surface area (Å²) in [4.78, 5) is 43.5. The van der Waals surface area contributed by atoms with Gasteiger partial charge in [0.1, 0.15) is 23.2 Å². The number of nitrogens with zero attached hydrogens (tertiary/aromatic N) is 1.